The van der Waals surface area contributed by atoms with Crippen molar-refractivity contribution in [2.75, 3.05) is 12.1 Å². The first-order chi connectivity index (χ1) is 23.4. The van der Waals surface area contributed by atoms with Crippen molar-refractivity contribution in [1.82, 2.24) is 15.0 Å². The van der Waals surface area contributed by atoms with Crippen LogP contribution in [0.25, 0.3) is 11.3 Å². The number of aliphatic hydroxyl groups is 1. The molecule has 2 N–H and O–H groups in total. The van der Waals surface area contributed by atoms with Gasteiger partial charge in [-0.25, -0.2) is 23.5 Å². The summed E-state index contributed by atoms with van der Waals surface area (Å²) in [4.78, 5) is 49.8. The molecular weight excluding hydrogens is 638 g/mol. The third-order valence-corrected chi connectivity index (χ3v) is 8.45. The number of hydrogen-bond acceptors (Lipinski definition) is 11. The van der Waals surface area contributed by atoms with Crippen LogP contribution in [-0.4, -0.2) is 44.8 Å². The lowest BCUT2D eigenvalue weighted by Gasteiger charge is -2.37. The highest BCUT2D eigenvalue weighted by Gasteiger charge is 2.39. The monoisotopic (exact) mass is 674 g/mol. The molecule has 1 saturated carbocycles. The van der Waals surface area contributed by atoms with Crippen LogP contribution in [0.3, 0.4) is 0 Å². The van der Waals surface area contributed by atoms with Crippen LogP contribution in [-0.2, 0) is 24.7 Å². The molecule has 1 atom stereocenters. The quantitative estimate of drug-likeness (QED) is 0.0980. The maximum atomic E-state index is 13.1. The molecule has 0 saturated heterocycles. The van der Waals surface area contributed by atoms with Gasteiger partial charge in [-0.2, -0.15) is 0 Å². The Kier molecular flexibility index (Phi) is 10.9. The average Bonchev–Trinajstić information content (AvgIpc) is 3.08. The minimum Gasteiger partial charge on any atom is -0.428 e. The molecule has 0 aliphatic heterocycles. The van der Waals surface area contributed by atoms with E-state index in [9.17, 15) is 28.3 Å². The van der Waals surface area contributed by atoms with Crippen molar-refractivity contribution in [1.29, 1.82) is 0 Å². The van der Waals surface area contributed by atoms with Gasteiger partial charge in [0, 0.05) is 30.4 Å². The molecule has 0 bridgehead atoms. The Morgan fingerprint density at radius 1 is 0.980 bits per heavy atom. The molecule has 0 radical (unpaired) electrons. The number of carbonyl (C=O) groups is 3. The van der Waals surface area contributed by atoms with E-state index in [0.29, 0.717) is 48.5 Å². The molecule has 1 aromatic carbocycles. The van der Waals surface area contributed by atoms with Gasteiger partial charge in [-0.3, -0.25) is 14.6 Å². The molecule has 0 spiro atoms. The van der Waals surface area contributed by atoms with Crippen LogP contribution in [0.1, 0.15) is 73.1 Å². The lowest BCUT2D eigenvalue weighted by molar-refractivity contribution is -0.159. The standard InChI is InChI=1S/C36H36F2N4O7/c1-21-16-28(41-32(17-21)42-31-18-24(33(37)38)14-15-39-31)25-10-13-30(40-19-25)36(3,46)26-11-8-23(9-12-26)34(44)47-20-48-35(45)27-6-4-5-7-29(27)49-22(2)43/h4-7,10,13-19,23,26,33,46H,8-9,11-12,20H2,1-3H3,(H,39,41,42)/t23?,26?,36-/m1/s1. The summed E-state index contributed by atoms with van der Waals surface area (Å²) in [6.07, 6.45) is 2.35. The Morgan fingerprint density at radius 3 is 2.43 bits per heavy atom. The van der Waals surface area contributed by atoms with Gasteiger partial charge in [0.15, 0.2) is 0 Å². The molecule has 1 aliphatic carbocycles. The first-order valence-corrected chi connectivity index (χ1v) is 15.7. The maximum absolute atomic E-state index is 13.1. The van der Waals surface area contributed by atoms with E-state index in [2.05, 4.69) is 20.3 Å². The highest BCUT2D eigenvalue weighted by atomic mass is 19.3. The van der Waals surface area contributed by atoms with Crippen molar-refractivity contribution in [3.63, 3.8) is 0 Å². The van der Waals surface area contributed by atoms with Gasteiger partial charge in [0.2, 0.25) is 6.79 Å². The number of esters is 3. The van der Waals surface area contributed by atoms with Gasteiger partial charge in [0.1, 0.15) is 28.5 Å². The van der Waals surface area contributed by atoms with Gasteiger partial charge >= 0.3 is 17.9 Å². The van der Waals surface area contributed by atoms with Gasteiger partial charge in [-0.15, -0.1) is 0 Å². The maximum Gasteiger partial charge on any atom is 0.344 e. The zero-order valence-electron chi connectivity index (χ0n) is 27.2. The summed E-state index contributed by atoms with van der Waals surface area (Å²) in [5.74, 6) is -1.75. The van der Waals surface area contributed by atoms with Crippen LogP contribution in [0.4, 0.5) is 20.4 Å². The third-order valence-electron chi connectivity index (χ3n) is 8.45. The second kappa shape index (κ2) is 15.3. The SMILES string of the molecule is CC(=O)Oc1ccccc1C(=O)OCOC(=O)C1CCC([C@@](C)(O)c2ccc(-c3cc(C)cc(Nc4cc(C(F)F)ccn4)n3)cn2)CC1. The van der Waals surface area contributed by atoms with E-state index in [1.807, 2.05) is 19.1 Å². The highest BCUT2D eigenvalue weighted by Crippen LogP contribution is 2.41. The van der Waals surface area contributed by atoms with Gasteiger partial charge in [0.25, 0.3) is 6.43 Å². The van der Waals surface area contributed by atoms with Crippen molar-refractivity contribution in [2.24, 2.45) is 11.8 Å². The van der Waals surface area contributed by atoms with E-state index in [1.54, 1.807) is 37.4 Å². The Balaban J connectivity index is 1.15. The summed E-state index contributed by atoms with van der Waals surface area (Å²) in [7, 11) is 0. The number of aryl methyl sites for hydroxylation is 1. The molecule has 5 rings (SSSR count). The van der Waals surface area contributed by atoms with Crippen LogP contribution >= 0.6 is 0 Å². The van der Waals surface area contributed by atoms with Crippen LogP contribution in [0.5, 0.6) is 5.75 Å². The molecule has 4 aromatic rings. The Morgan fingerprint density at radius 2 is 1.73 bits per heavy atom. The normalized spacial score (nSPS) is 17.1. The third kappa shape index (κ3) is 8.79. The Bertz CT molecular complexity index is 1810. The van der Waals surface area contributed by atoms with E-state index in [-0.39, 0.29) is 28.6 Å². The fourth-order valence-electron chi connectivity index (χ4n) is 5.82. The zero-order valence-corrected chi connectivity index (χ0v) is 27.2. The van der Waals surface area contributed by atoms with Crippen molar-refractivity contribution < 1.29 is 42.5 Å². The van der Waals surface area contributed by atoms with Gasteiger partial charge in [-0.1, -0.05) is 12.1 Å². The lowest BCUT2D eigenvalue weighted by atomic mass is 9.73. The average molecular weight is 675 g/mol. The first-order valence-electron chi connectivity index (χ1n) is 15.7. The number of rotatable bonds is 11. The van der Waals surface area contributed by atoms with Crippen molar-refractivity contribution in [2.45, 2.75) is 58.5 Å². The molecule has 49 heavy (non-hydrogen) atoms. The van der Waals surface area contributed by atoms with Crippen LogP contribution in [0.15, 0.2) is 73.1 Å². The molecule has 1 aliphatic rings. The van der Waals surface area contributed by atoms with E-state index >= 15 is 0 Å². The summed E-state index contributed by atoms with van der Waals surface area (Å²) in [6.45, 7) is 4.22. The number of alkyl halides is 2. The summed E-state index contributed by atoms with van der Waals surface area (Å²) in [5, 5.41) is 14.5. The predicted octanol–water partition coefficient (Wildman–Crippen LogP) is 6.83. The number of benzene rings is 1. The van der Waals surface area contributed by atoms with Gasteiger partial charge in [-0.05, 0) is 99.5 Å². The second-order valence-corrected chi connectivity index (χ2v) is 12.0. The van der Waals surface area contributed by atoms with Crippen LogP contribution < -0.4 is 10.1 Å². The smallest absolute Gasteiger partial charge is 0.344 e. The molecule has 0 unspecified atom stereocenters. The number of aromatic nitrogens is 3. The molecule has 13 heteroatoms. The second-order valence-electron chi connectivity index (χ2n) is 12.0. The fourth-order valence-corrected chi connectivity index (χ4v) is 5.82. The van der Waals surface area contributed by atoms with E-state index in [1.165, 1.54) is 37.4 Å². The van der Waals surface area contributed by atoms with Gasteiger partial charge < -0.3 is 24.6 Å². The summed E-state index contributed by atoms with van der Waals surface area (Å²) in [6, 6.07) is 15.8. The lowest BCUT2D eigenvalue weighted by Crippen LogP contribution is -2.37. The molecule has 3 aromatic heterocycles. The number of para-hydroxylation sites is 1. The Labute approximate surface area is 281 Å². The number of anilines is 2. The number of halogens is 2. The van der Waals surface area contributed by atoms with E-state index < -0.39 is 42.6 Å². The Hall–Kier alpha value is -5.30. The fraction of sp³-hybridized carbons (Fsp3) is 0.333. The largest absolute Gasteiger partial charge is 0.428 e. The minimum absolute atomic E-state index is 0.0309. The molecule has 3 heterocycles. The van der Waals surface area contributed by atoms with Crippen molar-refractivity contribution >= 4 is 29.5 Å². The first kappa shape index (κ1) is 35.0. The van der Waals surface area contributed by atoms with Crippen molar-refractivity contribution in [3.8, 4) is 17.0 Å². The predicted molar refractivity (Wildman–Crippen MR) is 174 cm³/mol. The number of hydrogen-bond donors (Lipinski definition) is 2. The van der Waals surface area contributed by atoms with Crippen molar-refractivity contribution in [3.05, 3.63) is 95.4 Å². The van der Waals surface area contributed by atoms with Crippen LogP contribution in [0, 0.1) is 18.8 Å². The molecule has 1 fully saturated rings. The van der Waals surface area contributed by atoms with E-state index in [0.717, 1.165) is 5.56 Å². The molecule has 0 amide bonds. The van der Waals surface area contributed by atoms with Gasteiger partial charge in [0.05, 0.1) is 17.3 Å². The zero-order chi connectivity index (χ0) is 35.1. The number of nitrogens with one attached hydrogen (secondary N) is 1. The van der Waals surface area contributed by atoms with Crippen LogP contribution in [0.2, 0.25) is 0 Å². The summed E-state index contributed by atoms with van der Waals surface area (Å²) >= 11 is 0. The van der Waals surface area contributed by atoms with E-state index in [4.69, 9.17) is 14.2 Å². The minimum atomic E-state index is -2.62. The number of nitrogens with zero attached hydrogens (tertiary/aromatic N) is 3. The number of carbonyl (C=O) groups excluding carboxylic acids is 3. The highest BCUT2D eigenvalue weighted by molar-refractivity contribution is 5.93. The number of ether oxygens (including phenoxy) is 3. The molecular formula is C36H36F2N4O7. The molecule has 256 valence electrons. The number of pyridine rings is 3. The molecule has 11 nitrogen and oxygen atoms in total. The topological polar surface area (TPSA) is 150 Å². The summed E-state index contributed by atoms with van der Waals surface area (Å²) in [5.41, 5.74) is 1.27. The summed E-state index contributed by atoms with van der Waals surface area (Å²) < 4.78 is 41.6.